The lowest BCUT2D eigenvalue weighted by Gasteiger charge is -2.32. The largest absolute Gasteiger partial charge is 0.391 e. The minimum Gasteiger partial charge on any atom is -0.348 e. The van der Waals surface area contributed by atoms with Crippen LogP contribution in [-0.2, 0) is 0 Å². The Bertz CT molecular complexity index is 397. The van der Waals surface area contributed by atoms with Gasteiger partial charge in [-0.25, -0.2) is 4.98 Å². The molecule has 1 fully saturated rings. The van der Waals surface area contributed by atoms with E-state index in [9.17, 15) is 18.0 Å². The summed E-state index contributed by atoms with van der Waals surface area (Å²) in [6, 6.07) is 0. The molecule has 0 bridgehead atoms. The zero-order chi connectivity index (χ0) is 12.5. The van der Waals surface area contributed by atoms with Gasteiger partial charge in [0.1, 0.15) is 0 Å². The van der Waals surface area contributed by atoms with Crippen LogP contribution in [0, 0.1) is 5.92 Å². The molecule has 0 aliphatic carbocycles. The van der Waals surface area contributed by atoms with Crippen LogP contribution in [0.25, 0.3) is 0 Å². The van der Waals surface area contributed by atoms with Crippen LogP contribution in [0.5, 0.6) is 0 Å². The van der Waals surface area contributed by atoms with Crippen molar-refractivity contribution in [2.75, 3.05) is 18.0 Å². The van der Waals surface area contributed by atoms with E-state index in [1.54, 1.807) is 4.90 Å². The van der Waals surface area contributed by atoms with Crippen LogP contribution in [0.3, 0.4) is 0 Å². The van der Waals surface area contributed by atoms with Gasteiger partial charge >= 0.3 is 6.18 Å². The van der Waals surface area contributed by atoms with Crippen LogP contribution in [0.1, 0.15) is 22.5 Å². The van der Waals surface area contributed by atoms with Crippen molar-refractivity contribution >= 4 is 22.8 Å². The maximum Gasteiger partial charge on any atom is 0.391 e. The Balaban J connectivity index is 1.97. The topological polar surface area (TPSA) is 33.2 Å². The molecule has 0 N–H and O–H groups in total. The van der Waals surface area contributed by atoms with Gasteiger partial charge in [-0.05, 0) is 12.8 Å². The van der Waals surface area contributed by atoms with Crippen LogP contribution >= 0.6 is 11.3 Å². The van der Waals surface area contributed by atoms with E-state index in [1.165, 1.54) is 17.5 Å². The maximum atomic E-state index is 12.5. The number of alkyl halides is 3. The highest BCUT2D eigenvalue weighted by Crippen LogP contribution is 2.35. The number of nitrogens with zero attached hydrogens (tertiary/aromatic N) is 2. The van der Waals surface area contributed by atoms with E-state index in [2.05, 4.69) is 4.98 Å². The molecule has 0 amide bonds. The average Bonchev–Trinajstić information content (AvgIpc) is 2.76. The summed E-state index contributed by atoms with van der Waals surface area (Å²) in [5, 5.41) is 0.632. The van der Waals surface area contributed by atoms with E-state index in [-0.39, 0.29) is 12.8 Å². The molecule has 0 radical (unpaired) electrons. The van der Waals surface area contributed by atoms with Gasteiger partial charge < -0.3 is 4.90 Å². The molecular weight excluding hydrogens is 253 g/mol. The molecule has 17 heavy (non-hydrogen) atoms. The molecule has 1 aromatic heterocycles. The lowest BCUT2D eigenvalue weighted by molar-refractivity contribution is -0.179. The molecule has 0 aromatic carbocycles. The number of hydrogen-bond donors (Lipinski definition) is 0. The third-order valence-corrected chi connectivity index (χ3v) is 3.84. The van der Waals surface area contributed by atoms with Crippen LogP contribution < -0.4 is 4.90 Å². The quantitative estimate of drug-likeness (QED) is 0.770. The number of rotatable bonds is 2. The van der Waals surface area contributed by atoms with Gasteiger partial charge in [0.05, 0.1) is 17.0 Å². The van der Waals surface area contributed by atoms with Crippen molar-refractivity contribution in [3.05, 3.63) is 11.1 Å². The number of carbonyl (C=O) groups excluding carboxylic acids is 1. The Kier molecular flexibility index (Phi) is 3.37. The lowest BCUT2D eigenvalue weighted by atomic mass is 9.97. The molecule has 1 aliphatic heterocycles. The van der Waals surface area contributed by atoms with Crippen molar-refractivity contribution in [2.45, 2.75) is 19.0 Å². The fourth-order valence-corrected chi connectivity index (χ4v) is 2.66. The van der Waals surface area contributed by atoms with Gasteiger partial charge in [0.2, 0.25) is 0 Å². The molecule has 94 valence electrons. The SMILES string of the molecule is O=Cc1cnc(N2CCC(C(F)(F)F)CC2)s1. The number of halogens is 3. The van der Waals surface area contributed by atoms with E-state index in [4.69, 9.17) is 0 Å². The Morgan fingerprint density at radius 2 is 2.06 bits per heavy atom. The van der Waals surface area contributed by atoms with Crippen molar-refractivity contribution in [3.63, 3.8) is 0 Å². The van der Waals surface area contributed by atoms with Gasteiger partial charge in [-0.3, -0.25) is 4.79 Å². The first-order valence-electron chi connectivity index (χ1n) is 5.23. The Morgan fingerprint density at radius 1 is 1.41 bits per heavy atom. The molecule has 2 heterocycles. The Hall–Kier alpha value is -1.11. The minimum absolute atomic E-state index is 0.0967. The first-order chi connectivity index (χ1) is 8.00. The molecule has 1 aliphatic rings. The van der Waals surface area contributed by atoms with E-state index in [0.717, 1.165) is 0 Å². The molecule has 7 heteroatoms. The van der Waals surface area contributed by atoms with E-state index < -0.39 is 12.1 Å². The second kappa shape index (κ2) is 4.64. The van der Waals surface area contributed by atoms with Gasteiger partial charge in [0.25, 0.3) is 0 Å². The standard InChI is InChI=1S/C10H11F3N2OS/c11-10(12,13)7-1-3-15(4-2-7)9-14-5-8(6-16)17-9/h5-7H,1-4H2. The number of thiazole rings is 1. The number of piperidine rings is 1. The van der Waals surface area contributed by atoms with Crippen LogP contribution in [0.2, 0.25) is 0 Å². The molecule has 0 atom stereocenters. The summed E-state index contributed by atoms with van der Waals surface area (Å²) in [6.45, 7) is 0.686. The van der Waals surface area contributed by atoms with Crippen molar-refractivity contribution in [1.29, 1.82) is 0 Å². The van der Waals surface area contributed by atoms with Crippen molar-refractivity contribution in [3.8, 4) is 0 Å². The molecule has 0 unspecified atom stereocenters. The Labute approximate surface area is 100 Å². The van der Waals surface area contributed by atoms with Crippen LogP contribution in [-0.4, -0.2) is 30.5 Å². The molecule has 3 nitrogen and oxygen atoms in total. The highest BCUT2D eigenvalue weighted by atomic mass is 32.1. The molecule has 0 spiro atoms. The fraction of sp³-hybridized carbons (Fsp3) is 0.600. The summed E-state index contributed by atoms with van der Waals surface area (Å²) in [5.74, 6) is -1.20. The van der Waals surface area contributed by atoms with Crippen LogP contribution in [0.15, 0.2) is 6.20 Å². The lowest BCUT2D eigenvalue weighted by Crippen LogP contribution is -2.38. The van der Waals surface area contributed by atoms with Gasteiger partial charge in [-0.1, -0.05) is 11.3 Å². The number of anilines is 1. The summed E-state index contributed by atoms with van der Waals surface area (Å²) in [6.07, 6.45) is -1.76. The number of hydrogen-bond acceptors (Lipinski definition) is 4. The summed E-state index contributed by atoms with van der Waals surface area (Å²) in [7, 11) is 0. The van der Waals surface area contributed by atoms with Crippen molar-refractivity contribution < 1.29 is 18.0 Å². The monoisotopic (exact) mass is 264 g/mol. The average molecular weight is 264 g/mol. The highest BCUT2D eigenvalue weighted by molar-refractivity contribution is 7.17. The van der Waals surface area contributed by atoms with Gasteiger partial charge in [0.15, 0.2) is 11.4 Å². The summed E-state index contributed by atoms with van der Waals surface area (Å²) in [4.78, 5) is 16.8. The van der Waals surface area contributed by atoms with Crippen LogP contribution in [0.4, 0.5) is 18.3 Å². The normalized spacial score (nSPS) is 18.4. The third kappa shape index (κ3) is 2.77. The number of aldehydes is 1. The highest BCUT2D eigenvalue weighted by Gasteiger charge is 2.41. The fourth-order valence-electron chi connectivity index (χ4n) is 1.88. The smallest absolute Gasteiger partial charge is 0.348 e. The Morgan fingerprint density at radius 3 is 2.53 bits per heavy atom. The van der Waals surface area contributed by atoms with E-state index >= 15 is 0 Å². The maximum absolute atomic E-state index is 12.5. The van der Waals surface area contributed by atoms with Crippen molar-refractivity contribution in [1.82, 2.24) is 4.98 Å². The zero-order valence-electron chi connectivity index (χ0n) is 8.91. The second-order valence-electron chi connectivity index (χ2n) is 3.97. The van der Waals surface area contributed by atoms with E-state index in [0.29, 0.717) is 29.4 Å². The first kappa shape index (κ1) is 12.3. The van der Waals surface area contributed by atoms with Gasteiger partial charge in [0, 0.05) is 13.1 Å². The van der Waals surface area contributed by atoms with Gasteiger partial charge in [-0.2, -0.15) is 13.2 Å². The zero-order valence-corrected chi connectivity index (χ0v) is 9.72. The van der Waals surface area contributed by atoms with E-state index in [1.807, 2.05) is 0 Å². The summed E-state index contributed by atoms with van der Waals surface area (Å²) in [5.41, 5.74) is 0. The molecule has 2 rings (SSSR count). The number of carbonyl (C=O) groups is 1. The van der Waals surface area contributed by atoms with Gasteiger partial charge in [-0.15, -0.1) is 0 Å². The molecule has 0 saturated carbocycles. The minimum atomic E-state index is -4.09. The predicted molar refractivity (Wildman–Crippen MR) is 58.5 cm³/mol. The first-order valence-corrected chi connectivity index (χ1v) is 6.05. The molecule has 1 saturated heterocycles. The number of aromatic nitrogens is 1. The molecule has 1 aromatic rings. The predicted octanol–water partition coefficient (Wildman–Crippen LogP) is 2.73. The van der Waals surface area contributed by atoms with Crippen molar-refractivity contribution in [2.24, 2.45) is 5.92 Å². The second-order valence-corrected chi connectivity index (χ2v) is 5.01. The molecular formula is C10H11F3N2OS. The third-order valence-electron chi connectivity index (χ3n) is 2.86. The summed E-state index contributed by atoms with van der Waals surface area (Å²) < 4.78 is 37.4. The summed E-state index contributed by atoms with van der Waals surface area (Å²) >= 11 is 1.21.